The number of nitrogens with two attached hydrogens (primary N) is 1. The van der Waals surface area contributed by atoms with E-state index in [9.17, 15) is 4.79 Å². The number of nitrogens with zero attached hydrogens (tertiary/aromatic N) is 1. The second kappa shape index (κ2) is 6.63. The van der Waals surface area contributed by atoms with Gasteiger partial charge in [-0.25, -0.2) is 9.78 Å². The third-order valence-corrected chi connectivity index (χ3v) is 3.94. The Kier molecular flexibility index (Phi) is 4.87. The van der Waals surface area contributed by atoms with Gasteiger partial charge in [-0.05, 0) is 37.3 Å². The number of hydrogen-bond acceptors (Lipinski definition) is 5. The third-order valence-electron chi connectivity index (χ3n) is 2.43. The molecule has 104 valence electrons. The first-order valence-corrected chi connectivity index (χ1v) is 7.16. The Balaban J connectivity index is 2.36. The zero-order valence-electron chi connectivity index (χ0n) is 10.8. The molecule has 1 aromatic heterocycles. The van der Waals surface area contributed by atoms with Crippen LogP contribution < -0.4 is 5.73 Å². The van der Waals surface area contributed by atoms with Crippen molar-refractivity contribution >= 4 is 35.0 Å². The standard InChI is InChI=1S/C14H13ClN2O2S/c1-2-19-14(18)10-8-9(16)5-6-12(10)20-13-11(15)4-3-7-17-13/h3-8H,2,16H2,1H3. The number of esters is 1. The van der Waals surface area contributed by atoms with E-state index in [2.05, 4.69) is 4.98 Å². The maximum Gasteiger partial charge on any atom is 0.339 e. The Hall–Kier alpha value is -1.72. The molecule has 6 heteroatoms. The van der Waals surface area contributed by atoms with E-state index in [4.69, 9.17) is 22.1 Å². The van der Waals surface area contributed by atoms with Gasteiger partial charge in [0.05, 0.1) is 17.2 Å². The van der Waals surface area contributed by atoms with E-state index >= 15 is 0 Å². The van der Waals surface area contributed by atoms with Crippen molar-refractivity contribution in [1.29, 1.82) is 0 Å². The Morgan fingerprint density at radius 3 is 2.95 bits per heavy atom. The summed E-state index contributed by atoms with van der Waals surface area (Å²) in [7, 11) is 0. The average Bonchev–Trinajstić information content (AvgIpc) is 2.43. The van der Waals surface area contributed by atoms with Crippen LogP contribution in [0.5, 0.6) is 0 Å². The molecule has 2 aromatic rings. The number of nitrogen functional groups attached to an aromatic ring is 1. The molecule has 0 aliphatic heterocycles. The van der Waals surface area contributed by atoms with E-state index in [0.29, 0.717) is 32.8 Å². The van der Waals surface area contributed by atoms with Crippen molar-refractivity contribution in [2.45, 2.75) is 16.8 Å². The molecule has 0 fully saturated rings. The molecule has 0 radical (unpaired) electrons. The molecule has 0 atom stereocenters. The Labute approximate surface area is 126 Å². The van der Waals surface area contributed by atoms with Crippen molar-refractivity contribution < 1.29 is 9.53 Å². The molecule has 0 aliphatic rings. The van der Waals surface area contributed by atoms with Gasteiger partial charge in [-0.3, -0.25) is 0 Å². The molecule has 0 saturated carbocycles. The van der Waals surface area contributed by atoms with Crippen molar-refractivity contribution in [3.05, 3.63) is 47.1 Å². The van der Waals surface area contributed by atoms with E-state index in [1.54, 1.807) is 43.5 Å². The van der Waals surface area contributed by atoms with Gasteiger partial charge in [0.15, 0.2) is 0 Å². The zero-order chi connectivity index (χ0) is 14.5. The van der Waals surface area contributed by atoms with Crippen LogP contribution in [0.2, 0.25) is 5.02 Å². The molecule has 0 unspecified atom stereocenters. The highest BCUT2D eigenvalue weighted by atomic mass is 35.5. The predicted molar refractivity (Wildman–Crippen MR) is 80.2 cm³/mol. The maximum absolute atomic E-state index is 11.9. The van der Waals surface area contributed by atoms with E-state index in [1.807, 2.05) is 0 Å². The largest absolute Gasteiger partial charge is 0.462 e. The summed E-state index contributed by atoms with van der Waals surface area (Å²) in [6.07, 6.45) is 1.65. The van der Waals surface area contributed by atoms with Gasteiger partial charge in [0, 0.05) is 16.8 Å². The average molecular weight is 309 g/mol. The van der Waals surface area contributed by atoms with E-state index in [0.717, 1.165) is 0 Å². The summed E-state index contributed by atoms with van der Waals surface area (Å²) < 4.78 is 5.03. The van der Waals surface area contributed by atoms with E-state index in [1.165, 1.54) is 11.8 Å². The van der Waals surface area contributed by atoms with Crippen LogP contribution in [0.4, 0.5) is 5.69 Å². The summed E-state index contributed by atoms with van der Waals surface area (Å²) in [6.45, 7) is 2.06. The Bertz CT molecular complexity index is 634. The van der Waals surface area contributed by atoms with Gasteiger partial charge in [-0.2, -0.15) is 0 Å². The first-order valence-electron chi connectivity index (χ1n) is 5.97. The normalized spacial score (nSPS) is 10.3. The Morgan fingerprint density at radius 1 is 1.45 bits per heavy atom. The van der Waals surface area contributed by atoms with Crippen LogP contribution in [-0.2, 0) is 4.74 Å². The molecule has 1 aromatic carbocycles. The van der Waals surface area contributed by atoms with Crippen molar-refractivity contribution in [3.63, 3.8) is 0 Å². The number of ether oxygens (including phenoxy) is 1. The van der Waals surface area contributed by atoms with Crippen LogP contribution >= 0.6 is 23.4 Å². The van der Waals surface area contributed by atoms with Crippen molar-refractivity contribution in [2.75, 3.05) is 12.3 Å². The molecule has 0 amide bonds. The third kappa shape index (κ3) is 3.43. The number of carbonyl (C=O) groups excluding carboxylic acids is 1. The van der Waals surface area contributed by atoms with E-state index in [-0.39, 0.29) is 0 Å². The van der Waals surface area contributed by atoms with Crippen molar-refractivity contribution in [2.24, 2.45) is 0 Å². The summed E-state index contributed by atoms with van der Waals surface area (Å²) in [5.41, 5.74) is 6.65. The fourth-order valence-electron chi connectivity index (χ4n) is 1.56. The van der Waals surface area contributed by atoms with Gasteiger partial charge >= 0.3 is 5.97 Å². The minimum atomic E-state index is -0.408. The van der Waals surface area contributed by atoms with Gasteiger partial charge in [0.1, 0.15) is 5.03 Å². The lowest BCUT2D eigenvalue weighted by Crippen LogP contribution is -2.07. The highest BCUT2D eigenvalue weighted by molar-refractivity contribution is 7.99. The van der Waals surface area contributed by atoms with Crippen LogP contribution in [-0.4, -0.2) is 17.6 Å². The zero-order valence-corrected chi connectivity index (χ0v) is 12.4. The molecule has 1 heterocycles. The number of carbonyl (C=O) groups is 1. The number of halogens is 1. The summed E-state index contributed by atoms with van der Waals surface area (Å²) >= 11 is 7.38. The molecule has 4 nitrogen and oxygen atoms in total. The minimum Gasteiger partial charge on any atom is -0.462 e. The quantitative estimate of drug-likeness (QED) is 0.690. The monoisotopic (exact) mass is 308 g/mol. The lowest BCUT2D eigenvalue weighted by molar-refractivity contribution is 0.0522. The molecular formula is C14H13ClN2O2S. The highest BCUT2D eigenvalue weighted by Gasteiger charge is 2.15. The molecule has 0 bridgehead atoms. The second-order valence-electron chi connectivity index (χ2n) is 3.87. The van der Waals surface area contributed by atoms with Gasteiger partial charge in [0.2, 0.25) is 0 Å². The number of pyridine rings is 1. The molecule has 2 N–H and O–H groups in total. The second-order valence-corrected chi connectivity index (χ2v) is 5.31. The maximum atomic E-state index is 11.9. The summed E-state index contributed by atoms with van der Waals surface area (Å²) in [5, 5.41) is 1.16. The van der Waals surface area contributed by atoms with E-state index < -0.39 is 5.97 Å². The smallest absolute Gasteiger partial charge is 0.339 e. The fraction of sp³-hybridized carbons (Fsp3) is 0.143. The SMILES string of the molecule is CCOC(=O)c1cc(N)ccc1Sc1ncccc1Cl. The molecule has 0 spiro atoms. The van der Waals surface area contributed by atoms with Crippen LogP contribution in [0.25, 0.3) is 0 Å². The number of benzene rings is 1. The lowest BCUT2D eigenvalue weighted by Gasteiger charge is -2.09. The number of rotatable bonds is 4. The molecular weight excluding hydrogens is 296 g/mol. The number of anilines is 1. The molecule has 0 aliphatic carbocycles. The molecule has 20 heavy (non-hydrogen) atoms. The lowest BCUT2D eigenvalue weighted by atomic mass is 10.2. The number of aromatic nitrogens is 1. The molecule has 0 saturated heterocycles. The fourth-order valence-corrected chi connectivity index (χ4v) is 2.67. The minimum absolute atomic E-state index is 0.308. The van der Waals surface area contributed by atoms with Crippen LogP contribution in [0, 0.1) is 0 Å². The van der Waals surface area contributed by atoms with Crippen LogP contribution in [0.15, 0.2) is 46.5 Å². The Morgan fingerprint density at radius 2 is 2.25 bits per heavy atom. The predicted octanol–water partition coefficient (Wildman–Crippen LogP) is 3.65. The van der Waals surface area contributed by atoms with Crippen LogP contribution in [0.1, 0.15) is 17.3 Å². The topological polar surface area (TPSA) is 65.2 Å². The first-order chi connectivity index (χ1) is 9.61. The van der Waals surface area contributed by atoms with Gasteiger partial charge in [-0.15, -0.1) is 0 Å². The summed E-state index contributed by atoms with van der Waals surface area (Å²) in [6, 6.07) is 8.58. The summed E-state index contributed by atoms with van der Waals surface area (Å²) in [5.74, 6) is -0.408. The number of hydrogen-bond donors (Lipinski definition) is 1. The van der Waals surface area contributed by atoms with Gasteiger partial charge in [0.25, 0.3) is 0 Å². The molecule has 2 rings (SSSR count). The summed E-state index contributed by atoms with van der Waals surface area (Å²) in [4.78, 5) is 16.8. The highest BCUT2D eigenvalue weighted by Crippen LogP contribution is 2.34. The first kappa shape index (κ1) is 14.7. The van der Waals surface area contributed by atoms with Crippen LogP contribution in [0.3, 0.4) is 0 Å². The van der Waals surface area contributed by atoms with Crippen molar-refractivity contribution in [3.8, 4) is 0 Å². The van der Waals surface area contributed by atoms with Gasteiger partial charge in [-0.1, -0.05) is 23.4 Å². The van der Waals surface area contributed by atoms with Gasteiger partial charge < -0.3 is 10.5 Å². The van der Waals surface area contributed by atoms with Crippen molar-refractivity contribution in [1.82, 2.24) is 4.98 Å².